The molecule has 1 aliphatic rings. The summed E-state index contributed by atoms with van der Waals surface area (Å²) >= 11 is 1.32. The second kappa shape index (κ2) is 6.20. The summed E-state index contributed by atoms with van der Waals surface area (Å²) in [7, 11) is -3.51. The van der Waals surface area contributed by atoms with Crippen molar-refractivity contribution in [2.24, 2.45) is 11.7 Å². The first-order valence-corrected chi connectivity index (χ1v) is 9.48. The average molecular weight is 332 g/mol. The molecule has 6 nitrogen and oxygen atoms in total. The molecule has 21 heavy (non-hydrogen) atoms. The molecule has 2 rings (SSSR count). The number of aromatic nitrogens is 1. The Morgan fingerprint density at radius 3 is 2.52 bits per heavy atom. The van der Waals surface area contributed by atoms with Crippen molar-refractivity contribution >= 4 is 26.7 Å². The van der Waals surface area contributed by atoms with Crippen molar-refractivity contribution in [1.82, 2.24) is 9.29 Å². The van der Waals surface area contributed by atoms with Crippen LogP contribution in [-0.2, 0) is 15.6 Å². The first-order valence-electron chi connectivity index (χ1n) is 7.16. The quantitative estimate of drug-likeness (QED) is 0.879. The van der Waals surface area contributed by atoms with E-state index in [-0.39, 0.29) is 5.41 Å². The second-order valence-corrected chi connectivity index (χ2v) is 9.00. The zero-order valence-corrected chi connectivity index (χ0v) is 14.4. The van der Waals surface area contributed by atoms with Gasteiger partial charge in [0.25, 0.3) is 0 Å². The maximum absolute atomic E-state index is 12.4. The molecule has 1 aliphatic heterocycles. The minimum atomic E-state index is -3.51. The Morgan fingerprint density at radius 1 is 1.43 bits per heavy atom. The monoisotopic (exact) mass is 332 g/mol. The number of anilines is 1. The summed E-state index contributed by atoms with van der Waals surface area (Å²) in [5.41, 5.74) is 6.44. The second-order valence-electron chi connectivity index (χ2n) is 6.47. The van der Waals surface area contributed by atoms with E-state index in [2.05, 4.69) is 30.5 Å². The molecule has 1 aromatic heterocycles. The van der Waals surface area contributed by atoms with Gasteiger partial charge < -0.3 is 5.73 Å². The smallest absolute Gasteiger partial charge is 0.303 e. The Hall–Kier alpha value is -0.700. The topological polar surface area (TPSA) is 88.3 Å². The zero-order chi connectivity index (χ0) is 15.7. The molecule has 2 heterocycles. The number of nitrogens with zero attached hydrogens (tertiary/aromatic N) is 2. The third-order valence-electron chi connectivity index (χ3n) is 3.74. The van der Waals surface area contributed by atoms with Crippen molar-refractivity contribution in [3.63, 3.8) is 0 Å². The molecule has 0 atom stereocenters. The van der Waals surface area contributed by atoms with Crippen LogP contribution in [0.2, 0.25) is 0 Å². The van der Waals surface area contributed by atoms with E-state index >= 15 is 0 Å². The van der Waals surface area contributed by atoms with Crippen molar-refractivity contribution in [1.29, 1.82) is 0 Å². The molecular weight excluding hydrogens is 308 g/mol. The summed E-state index contributed by atoms with van der Waals surface area (Å²) in [5, 5.41) is 2.33. The molecule has 0 unspecified atom stereocenters. The predicted octanol–water partition coefficient (Wildman–Crippen LogP) is 1.77. The molecule has 0 aromatic carbocycles. The molecule has 1 aromatic rings. The lowest BCUT2D eigenvalue weighted by Gasteiger charge is -2.30. The molecule has 1 fully saturated rings. The molecule has 0 amide bonds. The van der Waals surface area contributed by atoms with Gasteiger partial charge in [0, 0.05) is 23.9 Å². The van der Waals surface area contributed by atoms with Gasteiger partial charge >= 0.3 is 10.2 Å². The van der Waals surface area contributed by atoms with Gasteiger partial charge in [-0.1, -0.05) is 20.8 Å². The molecule has 0 saturated carbocycles. The molecule has 3 N–H and O–H groups in total. The van der Waals surface area contributed by atoms with E-state index in [1.807, 2.05) is 5.38 Å². The van der Waals surface area contributed by atoms with E-state index in [0.29, 0.717) is 30.7 Å². The largest absolute Gasteiger partial charge is 0.330 e. The Labute approximate surface area is 130 Å². The third kappa shape index (κ3) is 4.15. The van der Waals surface area contributed by atoms with Gasteiger partial charge in [0.05, 0.1) is 5.69 Å². The number of thiazole rings is 1. The van der Waals surface area contributed by atoms with Crippen LogP contribution in [-0.4, -0.2) is 37.3 Å². The van der Waals surface area contributed by atoms with Crippen LogP contribution in [0, 0.1) is 5.92 Å². The maximum Gasteiger partial charge on any atom is 0.303 e. The fourth-order valence-corrected chi connectivity index (χ4v) is 4.60. The third-order valence-corrected chi connectivity index (χ3v) is 6.12. The molecule has 0 radical (unpaired) electrons. The first-order chi connectivity index (χ1) is 9.72. The highest BCUT2D eigenvalue weighted by Gasteiger charge is 2.28. The van der Waals surface area contributed by atoms with E-state index in [4.69, 9.17) is 5.73 Å². The lowest BCUT2D eigenvalue weighted by molar-refractivity contribution is 0.280. The highest BCUT2D eigenvalue weighted by molar-refractivity contribution is 7.90. The molecule has 0 aliphatic carbocycles. The van der Waals surface area contributed by atoms with E-state index in [1.54, 1.807) is 0 Å². The Balaban J connectivity index is 2.03. The van der Waals surface area contributed by atoms with Crippen LogP contribution in [0.15, 0.2) is 5.38 Å². The van der Waals surface area contributed by atoms with Crippen LogP contribution in [0.25, 0.3) is 0 Å². The average Bonchev–Trinajstić information content (AvgIpc) is 2.86. The highest BCUT2D eigenvalue weighted by atomic mass is 32.2. The van der Waals surface area contributed by atoms with Crippen molar-refractivity contribution in [3.8, 4) is 0 Å². The number of hydrogen-bond donors (Lipinski definition) is 2. The molecule has 8 heteroatoms. The van der Waals surface area contributed by atoms with Gasteiger partial charge in [-0.25, -0.2) is 9.71 Å². The SMILES string of the molecule is CC(C)(C)c1csc(NS(=O)(=O)N2CCC(CN)CC2)n1. The van der Waals surface area contributed by atoms with Gasteiger partial charge in [0.15, 0.2) is 5.13 Å². The van der Waals surface area contributed by atoms with Crippen molar-refractivity contribution < 1.29 is 8.42 Å². The number of hydrogen-bond acceptors (Lipinski definition) is 5. The zero-order valence-electron chi connectivity index (χ0n) is 12.8. The Kier molecular flexibility index (Phi) is 4.92. The van der Waals surface area contributed by atoms with E-state index in [0.717, 1.165) is 18.5 Å². The fraction of sp³-hybridized carbons (Fsp3) is 0.769. The van der Waals surface area contributed by atoms with Gasteiger partial charge in [-0.2, -0.15) is 12.7 Å². The van der Waals surface area contributed by atoms with Crippen LogP contribution >= 0.6 is 11.3 Å². The van der Waals surface area contributed by atoms with Gasteiger partial charge in [0.2, 0.25) is 0 Å². The van der Waals surface area contributed by atoms with E-state index < -0.39 is 10.2 Å². The van der Waals surface area contributed by atoms with Gasteiger partial charge in [-0.15, -0.1) is 11.3 Å². The molecule has 1 saturated heterocycles. The lowest BCUT2D eigenvalue weighted by Crippen LogP contribution is -2.42. The molecule has 120 valence electrons. The van der Waals surface area contributed by atoms with Crippen LogP contribution in [0.3, 0.4) is 0 Å². The molecule has 0 bridgehead atoms. The van der Waals surface area contributed by atoms with Gasteiger partial charge in [-0.05, 0) is 25.3 Å². The summed E-state index contributed by atoms with van der Waals surface area (Å²) in [5.74, 6) is 0.434. The summed E-state index contributed by atoms with van der Waals surface area (Å²) in [6.07, 6.45) is 1.64. The number of piperidine rings is 1. The van der Waals surface area contributed by atoms with Crippen LogP contribution < -0.4 is 10.5 Å². The van der Waals surface area contributed by atoms with Crippen LogP contribution in [0.4, 0.5) is 5.13 Å². The molecular formula is C13H24N4O2S2. The standard InChI is InChI=1S/C13H24N4O2S2/c1-13(2,3)11-9-20-12(15-11)16-21(18,19)17-6-4-10(8-14)5-7-17/h9-10H,4-8,14H2,1-3H3,(H,15,16). The number of nitrogens with two attached hydrogens (primary N) is 1. The Bertz CT molecular complexity index is 569. The maximum atomic E-state index is 12.4. The van der Waals surface area contributed by atoms with Gasteiger partial charge in [-0.3, -0.25) is 0 Å². The van der Waals surface area contributed by atoms with E-state index in [1.165, 1.54) is 15.6 Å². The van der Waals surface area contributed by atoms with Crippen LogP contribution in [0.5, 0.6) is 0 Å². The highest BCUT2D eigenvalue weighted by Crippen LogP contribution is 2.27. The fourth-order valence-electron chi connectivity index (χ4n) is 2.23. The number of nitrogens with one attached hydrogen (secondary N) is 1. The summed E-state index contributed by atoms with van der Waals surface area (Å²) < 4.78 is 28.8. The number of rotatable bonds is 4. The minimum Gasteiger partial charge on any atom is -0.330 e. The predicted molar refractivity (Wildman–Crippen MR) is 86.7 cm³/mol. The minimum absolute atomic E-state index is 0.0837. The lowest BCUT2D eigenvalue weighted by atomic mass is 9.93. The summed E-state index contributed by atoms with van der Waals surface area (Å²) in [6, 6.07) is 0. The van der Waals surface area contributed by atoms with Crippen molar-refractivity contribution in [2.45, 2.75) is 39.0 Å². The van der Waals surface area contributed by atoms with Crippen molar-refractivity contribution in [2.75, 3.05) is 24.4 Å². The normalized spacial score (nSPS) is 18.9. The summed E-state index contributed by atoms with van der Waals surface area (Å²) in [6.45, 7) is 7.83. The van der Waals surface area contributed by atoms with Gasteiger partial charge in [0.1, 0.15) is 0 Å². The van der Waals surface area contributed by atoms with Crippen LogP contribution in [0.1, 0.15) is 39.3 Å². The van der Waals surface area contributed by atoms with E-state index in [9.17, 15) is 8.42 Å². The summed E-state index contributed by atoms with van der Waals surface area (Å²) in [4.78, 5) is 4.37. The first kappa shape index (κ1) is 16.7. The Morgan fingerprint density at radius 2 is 2.05 bits per heavy atom. The van der Waals surface area contributed by atoms with Crippen molar-refractivity contribution in [3.05, 3.63) is 11.1 Å². The molecule has 0 spiro atoms.